The molecule has 5 nitrogen and oxygen atoms in total. The van der Waals surface area contributed by atoms with E-state index in [1.165, 1.54) is 11.1 Å². The van der Waals surface area contributed by atoms with Crippen LogP contribution in [0.15, 0.2) is 52.4 Å². The summed E-state index contributed by atoms with van der Waals surface area (Å²) in [7, 11) is 1.61. The van der Waals surface area contributed by atoms with Crippen molar-refractivity contribution in [1.29, 1.82) is 0 Å². The van der Waals surface area contributed by atoms with Gasteiger partial charge in [-0.3, -0.25) is 9.98 Å². The van der Waals surface area contributed by atoms with E-state index >= 15 is 0 Å². The molecule has 0 amide bonds. The number of aliphatic imine (C=N–C) groups is 2. The number of hydrogen-bond acceptors (Lipinski definition) is 5. The summed E-state index contributed by atoms with van der Waals surface area (Å²) in [6.07, 6.45) is 5.39. The highest BCUT2D eigenvalue weighted by atomic mass is 16.5. The second-order valence-corrected chi connectivity index (χ2v) is 9.54. The van der Waals surface area contributed by atoms with Crippen LogP contribution in [0.25, 0.3) is 0 Å². The standard InChI is InChI=1S/C31H38N2O3/c1-8-19(3)23-12-21(5)30(34)25(14-23)17-32-28-11-10-27(36-7)16-29(28)33-18-26-15-24(20(4)9-2)13-22(6)31(26)35/h10-20,34-35H,8-9H2,1-7H3. The SMILES string of the molecule is CCC(C)c1cc(C)c(O)c(C=Nc2ccc(OC)cc2N=Cc2cc(C(C)CC)cc(C)c2O)c1. The van der Waals surface area contributed by atoms with E-state index < -0.39 is 0 Å². The Labute approximate surface area is 215 Å². The third-order valence-corrected chi connectivity index (χ3v) is 6.94. The Kier molecular flexibility index (Phi) is 8.92. The molecule has 3 rings (SSSR count). The quantitative estimate of drug-likeness (QED) is 0.299. The van der Waals surface area contributed by atoms with Crippen molar-refractivity contribution in [3.8, 4) is 17.2 Å². The summed E-state index contributed by atoms with van der Waals surface area (Å²) < 4.78 is 5.41. The summed E-state index contributed by atoms with van der Waals surface area (Å²) in [5, 5.41) is 21.3. The first kappa shape index (κ1) is 27.0. The summed E-state index contributed by atoms with van der Waals surface area (Å²) in [5.41, 5.74) is 6.57. The molecule has 0 heterocycles. The molecule has 0 saturated carbocycles. The van der Waals surface area contributed by atoms with Crippen LogP contribution < -0.4 is 4.74 Å². The number of phenolic OH excluding ortho intramolecular Hbond substituents is 2. The molecule has 3 aromatic carbocycles. The van der Waals surface area contributed by atoms with Gasteiger partial charge in [0.05, 0.1) is 18.5 Å². The molecule has 0 radical (unpaired) electrons. The maximum atomic E-state index is 10.7. The topological polar surface area (TPSA) is 74.4 Å². The van der Waals surface area contributed by atoms with Gasteiger partial charge in [-0.25, -0.2) is 0 Å². The van der Waals surface area contributed by atoms with E-state index in [-0.39, 0.29) is 11.5 Å². The lowest BCUT2D eigenvalue weighted by atomic mass is 9.94. The lowest BCUT2D eigenvalue weighted by Crippen LogP contribution is -1.96. The average Bonchev–Trinajstić information content (AvgIpc) is 2.89. The minimum atomic E-state index is 0.223. The summed E-state index contributed by atoms with van der Waals surface area (Å²) in [4.78, 5) is 9.36. The van der Waals surface area contributed by atoms with E-state index in [0.717, 1.165) is 24.0 Å². The minimum Gasteiger partial charge on any atom is -0.507 e. The molecule has 0 aliphatic heterocycles. The van der Waals surface area contributed by atoms with E-state index in [1.54, 1.807) is 19.5 Å². The van der Waals surface area contributed by atoms with E-state index in [4.69, 9.17) is 4.74 Å². The molecular formula is C31H38N2O3. The van der Waals surface area contributed by atoms with Crippen LogP contribution in [0.5, 0.6) is 17.2 Å². The zero-order valence-electron chi connectivity index (χ0n) is 22.5. The molecule has 190 valence electrons. The molecule has 0 saturated heterocycles. The number of benzene rings is 3. The van der Waals surface area contributed by atoms with Gasteiger partial charge in [0.2, 0.25) is 0 Å². The zero-order chi connectivity index (χ0) is 26.4. The van der Waals surface area contributed by atoms with Crippen molar-refractivity contribution < 1.29 is 14.9 Å². The normalized spacial score (nSPS) is 13.4. The summed E-state index contributed by atoms with van der Waals surface area (Å²) >= 11 is 0. The number of aromatic hydroxyl groups is 2. The van der Waals surface area contributed by atoms with E-state index in [9.17, 15) is 10.2 Å². The van der Waals surface area contributed by atoms with Crippen LogP contribution in [0.1, 0.15) is 85.8 Å². The molecule has 2 atom stereocenters. The Morgan fingerprint density at radius 2 is 1.22 bits per heavy atom. The number of ether oxygens (including phenoxy) is 1. The van der Waals surface area contributed by atoms with Crippen molar-refractivity contribution in [2.24, 2.45) is 9.98 Å². The van der Waals surface area contributed by atoms with Crippen LogP contribution in [0.3, 0.4) is 0 Å². The molecule has 0 fully saturated rings. The van der Waals surface area contributed by atoms with Crippen molar-refractivity contribution in [2.45, 2.75) is 66.2 Å². The van der Waals surface area contributed by atoms with Gasteiger partial charge in [0, 0.05) is 29.6 Å². The molecule has 0 aromatic heterocycles. The van der Waals surface area contributed by atoms with Crippen LogP contribution >= 0.6 is 0 Å². The molecule has 0 aliphatic carbocycles. The minimum absolute atomic E-state index is 0.223. The summed E-state index contributed by atoms with van der Waals surface area (Å²) in [5.74, 6) is 1.88. The average molecular weight is 487 g/mol. The Hall–Kier alpha value is -3.60. The third kappa shape index (κ3) is 6.14. The predicted octanol–water partition coefficient (Wildman–Crippen LogP) is 8.25. The zero-order valence-corrected chi connectivity index (χ0v) is 22.5. The first-order valence-corrected chi connectivity index (χ1v) is 12.6. The fraction of sp³-hybridized carbons (Fsp3) is 0.355. The number of rotatable bonds is 9. The van der Waals surface area contributed by atoms with Crippen molar-refractivity contribution in [1.82, 2.24) is 0 Å². The van der Waals surface area contributed by atoms with Gasteiger partial charge in [0.15, 0.2) is 0 Å². The van der Waals surface area contributed by atoms with Crippen molar-refractivity contribution in [3.63, 3.8) is 0 Å². The monoisotopic (exact) mass is 486 g/mol. The third-order valence-electron chi connectivity index (χ3n) is 6.94. The van der Waals surface area contributed by atoms with E-state index in [0.29, 0.717) is 40.1 Å². The van der Waals surface area contributed by atoms with Gasteiger partial charge < -0.3 is 14.9 Å². The van der Waals surface area contributed by atoms with Gasteiger partial charge in [-0.1, -0.05) is 39.8 Å². The summed E-state index contributed by atoms with van der Waals surface area (Å²) in [6, 6.07) is 13.5. The number of nitrogens with zero attached hydrogens (tertiary/aromatic N) is 2. The smallest absolute Gasteiger partial charge is 0.127 e. The van der Waals surface area contributed by atoms with Crippen molar-refractivity contribution in [3.05, 3.63) is 75.8 Å². The Bertz CT molecular complexity index is 1280. The predicted molar refractivity (Wildman–Crippen MR) is 151 cm³/mol. The van der Waals surface area contributed by atoms with Gasteiger partial charge in [-0.15, -0.1) is 0 Å². The maximum Gasteiger partial charge on any atom is 0.127 e. The molecule has 3 aromatic rings. The van der Waals surface area contributed by atoms with Crippen LogP contribution in [0.4, 0.5) is 11.4 Å². The molecule has 2 N–H and O–H groups in total. The highest BCUT2D eigenvalue weighted by Crippen LogP contribution is 2.34. The van der Waals surface area contributed by atoms with Crippen LogP contribution in [0, 0.1) is 13.8 Å². The number of phenols is 2. The fourth-order valence-electron chi connectivity index (χ4n) is 4.03. The molecule has 36 heavy (non-hydrogen) atoms. The van der Waals surface area contributed by atoms with Gasteiger partial charge >= 0.3 is 0 Å². The first-order valence-electron chi connectivity index (χ1n) is 12.6. The first-order chi connectivity index (χ1) is 17.2. The molecule has 5 heteroatoms. The summed E-state index contributed by atoms with van der Waals surface area (Å²) in [6.45, 7) is 12.5. The van der Waals surface area contributed by atoms with Crippen LogP contribution in [-0.4, -0.2) is 29.8 Å². The number of aryl methyl sites for hydroxylation is 2. The maximum absolute atomic E-state index is 10.7. The lowest BCUT2D eigenvalue weighted by Gasteiger charge is -2.13. The molecule has 0 aliphatic rings. The van der Waals surface area contributed by atoms with Crippen LogP contribution in [0.2, 0.25) is 0 Å². The molecular weight excluding hydrogens is 448 g/mol. The number of hydrogen-bond donors (Lipinski definition) is 2. The fourth-order valence-corrected chi connectivity index (χ4v) is 4.03. The molecule has 0 spiro atoms. The molecule has 0 bridgehead atoms. The molecule has 2 unspecified atom stereocenters. The highest BCUT2D eigenvalue weighted by Gasteiger charge is 2.12. The van der Waals surface area contributed by atoms with Gasteiger partial charge in [0.1, 0.15) is 17.2 Å². The largest absolute Gasteiger partial charge is 0.507 e. The van der Waals surface area contributed by atoms with Gasteiger partial charge in [-0.2, -0.15) is 0 Å². The van der Waals surface area contributed by atoms with E-state index in [2.05, 4.69) is 37.7 Å². The van der Waals surface area contributed by atoms with Gasteiger partial charge in [-0.05, 0) is 85.0 Å². The van der Waals surface area contributed by atoms with Gasteiger partial charge in [0.25, 0.3) is 0 Å². The Morgan fingerprint density at radius 3 is 1.67 bits per heavy atom. The number of methoxy groups -OCH3 is 1. The van der Waals surface area contributed by atoms with Crippen molar-refractivity contribution in [2.75, 3.05) is 7.11 Å². The highest BCUT2D eigenvalue weighted by molar-refractivity contribution is 5.90. The van der Waals surface area contributed by atoms with Crippen LogP contribution in [-0.2, 0) is 0 Å². The second kappa shape index (κ2) is 11.9. The lowest BCUT2D eigenvalue weighted by molar-refractivity contribution is 0.415. The second-order valence-electron chi connectivity index (χ2n) is 9.54. The Balaban J connectivity index is 2.03. The Morgan fingerprint density at radius 1 is 0.750 bits per heavy atom. The van der Waals surface area contributed by atoms with Crippen molar-refractivity contribution >= 4 is 23.8 Å². The van der Waals surface area contributed by atoms with E-state index in [1.807, 2.05) is 56.3 Å².